The fourth-order valence-corrected chi connectivity index (χ4v) is 1.19. The van der Waals surface area contributed by atoms with Crippen molar-refractivity contribution < 1.29 is 19.1 Å². The molecule has 0 N–H and O–H groups in total. The molecule has 5 heteroatoms. The van der Waals surface area contributed by atoms with Crippen LogP contribution in [-0.2, 0) is 19.1 Å². The van der Waals surface area contributed by atoms with Crippen LogP contribution < -0.4 is 0 Å². The third kappa shape index (κ3) is 8.45. The van der Waals surface area contributed by atoms with Crippen molar-refractivity contribution in [1.29, 1.82) is 0 Å². The van der Waals surface area contributed by atoms with Gasteiger partial charge in [0.15, 0.2) is 0 Å². The predicted molar refractivity (Wildman–Crippen MR) is 64.5 cm³/mol. The quantitative estimate of drug-likeness (QED) is 0.446. The summed E-state index contributed by atoms with van der Waals surface area (Å²) < 4.78 is 9.66. The summed E-state index contributed by atoms with van der Waals surface area (Å²) in [7, 11) is 0. The number of nitrogens with zero attached hydrogens (tertiary/aromatic N) is 1. The molecular weight excluding hydrogens is 222 g/mol. The lowest BCUT2D eigenvalue weighted by atomic mass is 10.4. The molecule has 0 spiro atoms. The van der Waals surface area contributed by atoms with E-state index in [2.05, 4.69) is 30.1 Å². The van der Waals surface area contributed by atoms with Gasteiger partial charge in [0.25, 0.3) is 0 Å². The van der Waals surface area contributed by atoms with Crippen LogP contribution in [0.1, 0.15) is 20.3 Å². The van der Waals surface area contributed by atoms with Gasteiger partial charge in [0.05, 0.1) is 6.42 Å². The number of ether oxygens (including phenoxy) is 2. The molecule has 0 heterocycles. The van der Waals surface area contributed by atoms with Gasteiger partial charge in [-0.3, -0.25) is 4.79 Å². The van der Waals surface area contributed by atoms with Gasteiger partial charge in [-0.2, -0.15) is 0 Å². The van der Waals surface area contributed by atoms with Gasteiger partial charge in [0.2, 0.25) is 0 Å². The Morgan fingerprint density at radius 3 is 2.35 bits per heavy atom. The predicted octanol–water partition coefficient (Wildman–Crippen LogP) is 0.991. The minimum Gasteiger partial charge on any atom is -0.464 e. The summed E-state index contributed by atoms with van der Waals surface area (Å²) in [6.45, 7) is 10.4. The number of esters is 2. The third-order valence-electron chi connectivity index (χ3n) is 2.28. The van der Waals surface area contributed by atoms with Crippen LogP contribution in [-0.4, -0.2) is 49.7 Å². The summed E-state index contributed by atoms with van der Waals surface area (Å²) in [6.07, 6.45) is 1.14. The molecule has 0 saturated carbocycles. The second-order valence-electron chi connectivity index (χ2n) is 3.37. The zero-order valence-corrected chi connectivity index (χ0v) is 10.6. The molecule has 0 aromatic heterocycles. The van der Waals surface area contributed by atoms with E-state index in [0.29, 0.717) is 6.61 Å². The average Bonchev–Trinajstić information content (AvgIpc) is 2.34. The van der Waals surface area contributed by atoms with E-state index >= 15 is 0 Å². The molecule has 0 saturated heterocycles. The van der Waals surface area contributed by atoms with Crippen molar-refractivity contribution in [1.82, 2.24) is 4.90 Å². The van der Waals surface area contributed by atoms with E-state index in [9.17, 15) is 9.59 Å². The Morgan fingerprint density at radius 2 is 1.82 bits per heavy atom. The maximum Gasteiger partial charge on any atom is 0.330 e. The molecule has 0 fully saturated rings. The van der Waals surface area contributed by atoms with Crippen molar-refractivity contribution >= 4 is 11.9 Å². The number of likely N-dealkylation sites (N-methyl/N-ethyl adjacent to an activating group) is 1. The number of carbonyl (C=O) groups excluding carboxylic acids is 2. The van der Waals surface area contributed by atoms with E-state index in [4.69, 9.17) is 4.74 Å². The van der Waals surface area contributed by atoms with Crippen LogP contribution in [0.2, 0.25) is 0 Å². The first-order valence-electron chi connectivity index (χ1n) is 5.81. The highest BCUT2D eigenvalue weighted by atomic mass is 16.5. The average molecular weight is 243 g/mol. The van der Waals surface area contributed by atoms with Gasteiger partial charge in [-0.1, -0.05) is 20.4 Å². The highest BCUT2D eigenvalue weighted by molar-refractivity contribution is 5.81. The van der Waals surface area contributed by atoms with Crippen LogP contribution in [0, 0.1) is 0 Å². The van der Waals surface area contributed by atoms with E-state index in [1.807, 2.05) is 0 Å². The van der Waals surface area contributed by atoms with Gasteiger partial charge in [-0.15, -0.1) is 0 Å². The van der Waals surface area contributed by atoms with Gasteiger partial charge in [-0.25, -0.2) is 4.79 Å². The van der Waals surface area contributed by atoms with Crippen molar-refractivity contribution in [2.24, 2.45) is 0 Å². The van der Waals surface area contributed by atoms with E-state index in [1.165, 1.54) is 0 Å². The van der Waals surface area contributed by atoms with E-state index < -0.39 is 5.97 Å². The second kappa shape index (κ2) is 9.84. The summed E-state index contributed by atoms with van der Waals surface area (Å²) >= 11 is 0. The highest BCUT2D eigenvalue weighted by Crippen LogP contribution is 1.92. The summed E-state index contributed by atoms with van der Waals surface area (Å²) in [6, 6.07) is 0. The molecule has 0 aliphatic carbocycles. The van der Waals surface area contributed by atoms with E-state index in [-0.39, 0.29) is 19.0 Å². The van der Waals surface area contributed by atoms with Crippen LogP contribution in [0.15, 0.2) is 12.7 Å². The van der Waals surface area contributed by atoms with Crippen molar-refractivity contribution in [3.8, 4) is 0 Å². The van der Waals surface area contributed by atoms with Crippen molar-refractivity contribution in [2.75, 3.05) is 32.8 Å². The molecule has 0 rings (SSSR count). The Hall–Kier alpha value is -1.36. The number of rotatable bonds is 9. The highest BCUT2D eigenvalue weighted by Gasteiger charge is 2.05. The zero-order valence-electron chi connectivity index (χ0n) is 10.6. The lowest BCUT2D eigenvalue weighted by Gasteiger charge is -2.17. The maximum absolute atomic E-state index is 11.2. The molecule has 98 valence electrons. The Morgan fingerprint density at radius 1 is 1.18 bits per heavy atom. The van der Waals surface area contributed by atoms with Crippen molar-refractivity contribution in [3.63, 3.8) is 0 Å². The molecule has 0 aromatic rings. The first-order valence-corrected chi connectivity index (χ1v) is 5.81. The van der Waals surface area contributed by atoms with Crippen LogP contribution in [0.4, 0.5) is 0 Å². The first kappa shape index (κ1) is 15.6. The van der Waals surface area contributed by atoms with Crippen LogP contribution >= 0.6 is 0 Å². The van der Waals surface area contributed by atoms with Crippen LogP contribution in [0.25, 0.3) is 0 Å². The van der Waals surface area contributed by atoms with Gasteiger partial charge < -0.3 is 14.4 Å². The Kier molecular flexibility index (Phi) is 9.05. The smallest absolute Gasteiger partial charge is 0.330 e. The number of hydrogen-bond donors (Lipinski definition) is 0. The van der Waals surface area contributed by atoms with Crippen LogP contribution in [0.5, 0.6) is 0 Å². The number of hydrogen-bond acceptors (Lipinski definition) is 5. The Balaban J connectivity index is 3.53. The Labute approximate surface area is 102 Å². The molecule has 0 radical (unpaired) electrons. The monoisotopic (exact) mass is 243 g/mol. The second-order valence-corrected chi connectivity index (χ2v) is 3.37. The first-order chi connectivity index (χ1) is 8.13. The van der Waals surface area contributed by atoms with Gasteiger partial charge >= 0.3 is 11.9 Å². The lowest BCUT2D eigenvalue weighted by Crippen LogP contribution is -2.28. The Bertz CT molecular complexity index is 249. The van der Waals surface area contributed by atoms with Gasteiger partial charge in [-0.05, 0) is 13.1 Å². The molecule has 0 amide bonds. The summed E-state index contributed by atoms with van der Waals surface area (Å²) in [5.41, 5.74) is 0. The number of carbonyl (C=O) groups is 2. The molecule has 0 aromatic carbocycles. The molecule has 0 aliphatic heterocycles. The fourth-order valence-electron chi connectivity index (χ4n) is 1.19. The molecule has 17 heavy (non-hydrogen) atoms. The van der Waals surface area contributed by atoms with Crippen molar-refractivity contribution in [2.45, 2.75) is 20.3 Å². The largest absolute Gasteiger partial charge is 0.464 e. The lowest BCUT2D eigenvalue weighted by molar-refractivity contribution is -0.147. The topological polar surface area (TPSA) is 55.8 Å². The minimum atomic E-state index is -0.527. The van der Waals surface area contributed by atoms with E-state index in [0.717, 1.165) is 25.7 Å². The standard InChI is InChI=1S/C12H21NO4/c1-4-11(14)16-9-7-12(15)17-10-8-13(5-2)6-3/h4H,1,5-10H2,2-3H3. The zero-order chi connectivity index (χ0) is 13.1. The molecule has 0 unspecified atom stereocenters. The molecule has 0 bridgehead atoms. The molecule has 0 atom stereocenters. The SMILES string of the molecule is C=CC(=O)OCCC(=O)OCCN(CC)CC. The maximum atomic E-state index is 11.2. The summed E-state index contributed by atoms with van der Waals surface area (Å²) in [5.74, 6) is -0.880. The minimum absolute atomic E-state index is 0.0367. The van der Waals surface area contributed by atoms with Gasteiger partial charge in [0.1, 0.15) is 13.2 Å². The normalized spacial score (nSPS) is 10.1. The third-order valence-corrected chi connectivity index (χ3v) is 2.28. The molecule has 0 aliphatic rings. The summed E-state index contributed by atoms with van der Waals surface area (Å²) in [5, 5.41) is 0. The fraction of sp³-hybridized carbons (Fsp3) is 0.667. The summed E-state index contributed by atoms with van der Waals surface area (Å²) in [4.78, 5) is 24.0. The molecule has 5 nitrogen and oxygen atoms in total. The van der Waals surface area contributed by atoms with Crippen LogP contribution in [0.3, 0.4) is 0 Å². The van der Waals surface area contributed by atoms with Crippen molar-refractivity contribution in [3.05, 3.63) is 12.7 Å². The van der Waals surface area contributed by atoms with E-state index in [1.54, 1.807) is 0 Å². The molecular formula is C12H21NO4. The van der Waals surface area contributed by atoms with Gasteiger partial charge in [0, 0.05) is 12.6 Å².